The second-order valence-electron chi connectivity index (χ2n) is 6.76. The second-order valence-corrected chi connectivity index (χ2v) is 6.76. The van der Waals surface area contributed by atoms with E-state index in [1.807, 2.05) is 0 Å². The van der Waals surface area contributed by atoms with E-state index in [2.05, 4.69) is 25.0 Å². The van der Waals surface area contributed by atoms with Gasteiger partial charge in [-0.05, 0) is 26.8 Å². The first-order valence-corrected chi connectivity index (χ1v) is 8.15. The summed E-state index contributed by atoms with van der Waals surface area (Å²) in [5.41, 5.74) is 6.51. The number of hydrogen-bond acceptors (Lipinski definition) is 8. The number of nitrogens with zero attached hydrogens (tertiary/aromatic N) is 7. The molecule has 3 aromatic heterocycles. The fraction of sp³-hybridized carbons (Fsp3) is 0.294. The molecule has 0 fully saturated rings. The van der Waals surface area contributed by atoms with Gasteiger partial charge < -0.3 is 10.5 Å². The summed E-state index contributed by atoms with van der Waals surface area (Å²) in [4.78, 5) is 30.7. The van der Waals surface area contributed by atoms with Gasteiger partial charge in [0.15, 0.2) is 0 Å². The molecule has 3 heterocycles. The Morgan fingerprint density at radius 3 is 2.48 bits per heavy atom. The van der Waals surface area contributed by atoms with Crippen LogP contribution in [-0.2, 0) is 11.8 Å². The van der Waals surface area contributed by atoms with Crippen LogP contribution < -0.4 is 10.6 Å². The lowest BCUT2D eigenvalue weighted by Gasteiger charge is -2.25. The lowest BCUT2D eigenvalue weighted by molar-refractivity contribution is 0.0597. The summed E-state index contributed by atoms with van der Waals surface area (Å²) in [5, 5.41) is 4.11. The van der Waals surface area contributed by atoms with Crippen LogP contribution >= 0.6 is 0 Å². The van der Waals surface area contributed by atoms with Gasteiger partial charge in [-0.25, -0.2) is 29.6 Å². The molecule has 0 radical (unpaired) electrons. The number of rotatable bonds is 3. The van der Waals surface area contributed by atoms with Crippen molar-refractivity contribution in [3.63, 3.8) is 0 Å². The Hall–Kier alpha value is -3.56. The number of aryl methyl sites for hydroxylation is 1. The number of carbonyl (C=O) groups excluding carboxylic acids is 1. The molecular weight excluding hydrogens is 348 g/mol. The van der Waals surface area contributed by atoms with Crippen molar-refractivity contribution in [3.05, 3.63) is 37.1 Å². The van der Waals surface area contributed by atoms with E-state index >= 15 is 0 Å². The van der Waals surface area contributed by atoms with Gasteiger partial charge in [0.2, 0.25) is 11.9 Å². The molecule has 27 heavy (non-hydrogen) atoms. The van der Waals surface area contributed by atoms with E-state index in [-0.39, 0.29) is 11.9 Å². The highest BCUT2D eigenvalue weighted by Gasteiger charge is 2.28. The number of carbonyl (C=O) groups is 1. The summed E-state index contributed by atoms with van der Waals surface area (Å²) in [6.07, 6.45) is 7.24. The third-order valence-electron chi connectivity index (χ3n) is 3.34. The Balaban J connectivity index is 2.03. The molecular formula is C17H20N8O2. The van der Waals surface area contributed by atoms with Crippen LogP contribution in [0.1, 0.15) is 20.8 Å². The van der Waals surface area contributed by atoms with Crippen molar-refractivity contribution in [3.8, 4) is 11.3 Å². The number of ether oxygens (including phenoxy) is 1. The van der Waals surface area contributed by atoms with Gasteiger partial charge in [0.05, 0.1) is 17.6 Å². The second kappa shape index (κ2) is 6.98. The number of aromatic nitrogens is 6. The van der Waals surface area contributed by atoms with Gasteiger partial charge >= 0.3 is 6.09 Å². The highest BCUT2D eigenvalue weighted by atomic mass is 16.6. The molecule has 0 aliphatic carbocycles. The smallest absolute Gasteiger partial charge is 0.422 e. The molecule has 0 aromatic carbocycles. The molecule has 0 atom stereocenters. The largest absolute Gasteiger partial charge is 0.443 e. The van der Waals surface area contributed by atoms with Crippen molar-refractivity contribution in [1.29, 1.82) is 0 Å². The quantitative estimate of drug-likeness (QED) is 0.746. The van der Waals surface area contributed by atoms with Crippen molar-refractivity contribution in [2.75, 3.05) is 10.6 Å². The predicted octanol–water partition coefficient (Wildman–Crippen LogP) is 2.32. The van der Waals surface area contributed by atoms with Gasteiger partial charge in [-0.3, -0.25) is 4.68 Å². The lowest BCUT2D eigenvalue weighted by atomic mass is 10.2. The maximum absolute atomic E-state index is 12.8. The Labute approximate surface area is 156 Å². The van der Waals surface area contributed by atoms with Gasteiger partial charge in [0.1, 0.15) is 5.60 Å². The van der Waals surface area contributed by atoms with Gasteiger partial charge in [-0.1, -0.05) is 0 Å². The van der Waals surface area contributed by atoms with E-state index in [4.69, 9.17) is 10.5 Å². The summed E-state index contributed by atoms with van der Waals surface area (Å²) < 4.78 is 7.08. The van der Waals surface area contributed by atoms with Crippen LogP contribution in [0.15, 0.2) is 37.1 Å². The molecule has 10 heteroatoms. The minimum atomic E-state index is -0.681. The van der Waals surface area contributed by atoms with Gasteiger partial charge in [0.25, 0.3) is 0 Å². The number of nitrogens with two attached hydrogens (primary N) is 1. The first kappa shape index (κ1) is 18.2. The zero-order chi connectivity index (χ0) is 19.6. The topological polar surface area (TPSA) is 125 Å². The van der Waals surface area contributed by atoms with Gasteiger partial charge in [0, 0.05) is 37.4 Å². The Morgan fingerprint density at radius 2 is 1.89 bits per heavy atom. The number of hydrogen-bond donors (Lipinski definition) is 1. The molecule has 0 aliphatic heterocycles. The Morgan fingerprint density at radius 1 is 1.19 bits per heavy atom. The molecule has 10 nitrogen and oxygen atoms in total. The minimum absolute atomic E-state index is 0.145. The predicted molar refractivity (Wildman–Crippen MR) is 99.1 cm³/mol. The molecule has 0 unspecified atom stereocenters. The molecule has 3 aromatic rings. The minimum Gasteiger partial charge on any atom is -0.443 e. The van der Waals surface area contributed by atoms with Crippen LogP contribution in [0, 0.1) is 0 Å². The Bertz CT molecular complexity index is 946. The van der Waals surface area contributed by atoms with Crippen molar-refractivity contribution in [1.82, 2.24) is 29.7 Å². The monoisotopic (exact) mass is 368 g/mol. The third kappa shape index (κ3) is 4.35. The van der Waals surface area contributed by atoms with Crippen LogP contribution in [0.25, 0.3) is 11.3 Å². The van der Waals surface area contributed by atoms with Crippen LogP contribution in [0.3, 0.4) is 0 Å². The molecule has 0 saturated carbocycles. The summed E-state index contributed by atoms with van der Waals surface area (Å²) in [5.74, 6) is 0.311. The molecule has 0 saturated heterocycles. The van der Waals surface area contributed by atoms with Crippen molar-refractivity contribution < 1.29 is 9.53 Å². The third-order valence-corrected chi connectivity index (χ3v) is 3.34. The van der Waals surface area contributed by atoms with Crippen molar-refractivity contribution in [2.45, 2.75) is 26.4 Å². The standard InChI is InChI=1S/C17H20N8O2/c1-17(2,3)27-16(26)25(12-9-22-24(4)10-12)15-19-6-5-13(23-15)11-7-20-14(18)21-8-11/h5-10H,1-4H3,(H2,18,20,21). The molecule has 140 valence electrons. The fourth-order valence-electron chi connectivity index (χ4n) is 2.22. The number of nitrogen functional groups attached to an aromatic ring is 1. The van der Waals surface area contributed by atoms with E-state index in [1.165, 1.54) is 11.1 Å². The van der Waals surface area contributed by atoms with Crippen molar-refractivity contribution >= 4 is 23.7 Å². The van der Waals surface area contributed by atoms with E-state index in [0.717, 1.165) is 0 Å². The maximum atomic E-state index is 12.8. The van der Waals surface area contributed by atoms with Crippen LogP contribution in [0.5, 0.6) is 0 Å². The van der Waals surface area contributed by atoms with E-state index in [0.29, 0.717) is 16.9 Å². The lowest BCUT2D eigenvalue weighted by Crippen LogP contribution is -2.34. The zero-order valence-electron chi connectivity index (χ0n) is 15.5. The van der Waals surface area contributed by atoms with Gasteiger partial charge in [-0.2, -0.15) is 5.10 Å². The van der Waals surface area contributed by atoms with E-state index in [1.54, 1.807) is 63.4 Å². The number of anilines is 3. The molecule has 0 aliphatic rings. The van der Waals surface area contributed by atoms with Crippen LogP contribution in [-0.4, -0.2) is 41.4 Å². The zero-order valence-corrected chi connectivity index (χ0v) is 15.5. The molecule has 3 rings (SSSR count). The van der Waals surface area contributed by atoms with E-state index in [9.17, 15) is 4.79 Å². The first-order chi connectivity index (χ1) is 12.7. The SMILES string of the molecule is Cn1cc(N(C(=O)OC(C)(C)C)c2nccc(-c3cnc(N)nc3)n2)cn1. The maximum Gasteiger partial charge on any atom is 0.422 e. The molecule has 1 amide bonds. The van der Waals surface area contributed by atoms with Crippen LogP contribution in [0.4, 0.5) is 22.4 Å². The summed E-state index contributed by atoms with van der Waals surface area (Å²) in [6, 6.07) is 1.69. The highest BCUT2D eigenvalue weighted by molar-refractivity contribution is 5.94. The Kier molecular flexibility index (Phi) is 4.72. The van der Waals surface area contributed by atoms with Crippen LogP contribution in [0.2, 0.25) is 0 Å². The molecule has 2 N–H and O–H groups in total. The van der Waals surface area contributed by atoms with E-state index < -0.39 is 11.7 Å². The summed E-state index contributed by atoms with van der Waals surface area (Å²) >= 11 is 0. The molecule has 0 spiro atoms. The van der Waals surface area contributed by atoms with Crippen molar-refractivity contribution in [2.24, 2.45) is 7.05 Å². The average Bonchev–Trinajstić information content (AvgIpc) is 3.00. The normalized spacial score (nSPS) is 11.3. The van der Waals surface area contributed by atoms with Gasteiger partial charge in [-0.15, -0.1) is 0 Å². The summed E-state index contributed by atoms with van der Waals surface area (Å²) in [7, 11) is 1.75. The fourth-order valence-corrected chi connectivity index (χ4v) is 2.22. The first-order valence-electron chi connectivity index (χ1n) is 8.15. The number of amides is 1. The highest BCUT2D eigenvalue weighted by Crippen LogP contribution is 2.26. The average molecular weight is 368 g/mol. The summed E-state index contributed by atoms with van der Waals surface area (Å²) in [6.45, 7) is 5.36. The molecule has 0 bridgehead atoms.